The van der Waals surface area contributed by atoms with E-state index >= 15 is 0 Å². The third-order valence-corrected chi connectivity index (χ3v) is 0.896. The molecule has 7 heteroatoms. The highest BCUT2D eigenvalue weighted by Crippen LogP contribution is 2.01. The number of hydrazone groups is 1. The van der Waals surface area contributed by atoms with Crippen LogP contribution in [0.4, 0.5) is 5.82 Å². The normalized spacial score (nSPS) is 11.8. The monoisotopic (exact) mass is 142 g/mol. The van der Waals surface area contributed by atoms with Crippen LogP contribution in [-0.4, -0.2) is 16.1 Å². The second kappa shape index (κ2) is 2.21. The van der Waals surface area contributed by atoms with Gasteiger partial charge in [0.15, 0.2) is 17.3 Å². The van der Waals surface area contributed by atoms with Gasteiger partial charge in [-0.2, -0.15) is 5.10 Å². The van der Waals surface area contributed by atoms with Crippen molar-refractivity contribution in [3.8, 4) is 0 Å². The molecule has 0 spiro atoms. The Balaban J connectivity index is 3.05. The van der Waals surface area contributed by atoms with Gasteiger partial charge in [0.1, 0.15) is 0 Å². The standard InChI is InChI=1S/C3H6N6O/c4-2(7-6)1-3(5)9-10-8-1/h6H2,(H2,4,7)(H2,5,9). The first-order chi connectivity index (χ1) is 4.75. The van der Waals surface area contributed by atoms with Crippen molar-refractivity contribution < 1.29 is 4.63 Å². The van der Waals surface area contributed by atoms with Crippen LogP contribution in [-0.2, 0) is 0 Å². The highest BCUT2D eigenvalue weighted by atomic mass is 16.6. The largest absolute Gasteiger partial charge is 0.380 e. The highest BCUT2D eigenvalue weighted by molar-refractivity contribution is 5.98. The molecular weight excluding hydrogens is 136 g/mol. The molecule has 0 aromatic carbocycles. The van der Waals surface area contributed by atoms with Crippen LogP contribution in [0.15, 0.2) is 9.73 Å². The fraction of sp³-hybridized carbons (Fsp3) is 0. The fourth-order valence-corrected chi connectivity index (χ4v) is 0.434. The Morgan fingerprint density at radius 3 is 2.60 bits per heavy atom. The van der Waals surface area contributed by atoms with E-state index in [0.717, 1.165) is 0 Å². The van der Waals surface area contributed by atoms with Crippen molar-refractivity contribution in [3.05, 3.63) is 5.69 Å². The van der Waals surface area contributed by atoms with E-state index in [1.807, 2.05) is 0 Å². The molecule has 0 amide bonds. The Labute approximate surface area is 55.8 Å². The van der Waals surface area contributed by atoms with Gasteiger partial charge in [-0.15, -0.1) is 0 Å². The molecule has 10 heavy (non-hydrogen) atoms. The van der Waals surface area contributed by atoms with Gasteiger partial charge in [-0.05, 0) is 10.3 Å². The highest BCUT2D eigenvalue weighted by Gasteiger charge is 2.08. The quantitative estimate of drug-likeness (QED) is 0.184. The summed E-state index contributed by atoms with van der Waals surface area (Å²) in [6.45, 7) is 0. The first-order valence-electron chi connectivity index (χ1n) is 2.37. The summed E-state index contributed by atoms with van der Waals surface area (Å²) in [7, 11) is 0. The minimum atomic E-state index is -0.00116. The second-order valence-corrected chi connectivity index (χ2v) is 1.51. The van der Waals surface area contributed by atoms with E-state index in [4.69, 9.17) is 17.3 Å². The van der Waals surface area contributed by atoms with Crippen LogP contribution in [0.25, 0.3) is 0 Å². The first kappa shape index (κ1) is 6.33. The van der Waals surface area contributed by atoms with Gasteiger partial charge >= 0.3 is 0 Å². The molecule has 6 N–H and O–H groups in total. The van der Waals surface area contributed by atoms with Gasteiger partial charge in [0.25, 0.3) is 0 Å². The van der Waals surface area contributed by atoms with Crippen molar-refractivity contribution in [2.45, 2.75) is 0 Å². The van der Waals surface area contributed by atoms with Crippen LogP contribution in [0.1, 0.15) is 5.69 Å². The topological polar surface area (TPSA) is 129 Å². The first-order valence-corrected chi connectivity index (χ1v) is 2.37. The number of rotatable bonds is 1. The van der Waals surface area contributed by atoms with E-state index in [-0.39, 0.29) is 17.3 Å². The summed E-state index contributed by atoms with van der Waals surface area (Å²) in [6, 6.07) is 0. The molecule has 7 nitrogen and oxygen atoms in total. The van der Waals surface area contributed by atoms with Gasteiger partial charge in [0.2, 0.25) is 0 Å². The number of hydrogen-bond donors (Lipinski definition) is 3. The van der Waals surface area contributed by atoms with Crippen LogP contribution >= 0.6 is 0 Å². The minimum absolute atomic E-state index is 0.00116. The maximum Gasteiger partial charge on any atom is 0.199 e. The van der Waals surface area contributed by atoms with Crippen LogP contribution in [0.3, 0.4) is 0 Å². The maximum atomic E-state index is 5.23. The molecule has 0 atom stereocenters. The lowest BCUT2D eigenvalue weighted by Gasteiger charge is -1.88. The Morgan fingerprint density at radius 2 is 2.20 bits per heavy atom. The lowest BCUT2D eigenvalue weighted by atomic mass is 10.4. The summed E-state index contributed by atoms with van der Waals surface area (Å²) in [6.07, 6.45) is 0. The zero-order chi connectivity index (χ0) is 7.56. The van der Waals surface area contributed by atoms with Crippen molar-refractivity contribution in [2.75, 3.05) is 5.73 Å². The molecule has 0 aliphatic heterocycles. The molecule has 0 radical (unpaired) electrons. The molecule has 0 fully saturated rings. The summed E-state index contributed by atoms with van der Waals surface area (Å²) >= 11 is 0. The smallest absolute Gasteiger partial charge is 0.199 e. The number of amidine groups is 1. The van der Waals surface area contributed by atoms with E-state index in [1.54, 1.807) is 0 Å². The average Bonchev–Trinajstić information content (AvgIpc) is 2.34. The summed E-state index contributed by atoms with van der Waals surface area (Å²) < 4.78 is 4.23. The number of hydrogen-bond acceptors (Lipinski definition) is 6. The Bertz CT molecular complexity index is 251. The van der Waals surface area contributed by atoms with Gasteiger partial charge in [0.05, 0.1) is 0 Å². The molecule has 0 aliphatic rings. The predicted octanol–water partition coefficient (Wildman–Crippen LogP) is -1.77. The zero-order valence-corrected chi connectivity index (χ0v) is 4.98. The van der Waals surface area contributed by atoms with Crippen LogP contribution in [0, 0.1) is 0 Å². The van der Waals surface area contributed by atoms with Gasteiger partial charge < -0.3 is 17.3 Å². The number of nitrogens with two attached hydrogens (primary N) is 3. The Kier molecular flexibility index (Phi) is 1.40. The maximum absolute atomic E-state index is 5.23. The molecule has 0 bridgehead atoms. The van der Waals surface area contributed by atoms with Crippen LogP contribution < -0.4 is 17.3 Å². The van der Waals surface area contributed by atoms with Gasteiger partial charge in [-0.1, -0.05) is 0 Å². The summed E-state index contributed by atoms with van der Waals surface area (Å²) in [4.78, 5) is 0. The van der Waals surface area contributed by atoms with E-state index in [2.05, 4.69) is 20.0 Å². The molecule has 54 valence electrons. The van der Waals surface area contributed by atoms with Gasteiger partial charge in [-0.25, -0.2) is 4.63 Å². The average molecular weight is 142 g/mol. The van der Waals surface area contributed by atoms with Gasteiger partial charge in [-0.3, -0.25) is 0 Å². The summed E-state index contributed by atoms with van der Waals surface area (Å²) in [5, 5.41) is 9.74. The Hall–Kier alpha value is -1.79. The minimum Gasteiger partial charge on any atom is -0.380 e. The molecule has 1 rings (SSSR count). The number of aromatic nitrogens is 2. The van der Waals surface area contributed by atoms with Crippen molar-refractivity contribution in [1.29, 1.82) is 0 Å². The summed E-state index contributed by atoms with van der Waals surface area (Å²) in [5.41, 5.74) is 10.6. The molecule has 0 saturated carbocycles. The van der Waals surface area contributed by atoms with Crippen LogP contribution in [0.2, 0.25) is 0 Å². The third-order valence-electron chi connectivity index (χ3n) is 0.896. The van der Waals surface area contributed by atoms with E-state index < -0.39 is 0 Å². The third kappa shape index (κ3) is 0.835. The number of nitrogens with zero attached hydrogens (tertiary/aromatic N) is 3. The lowest BCUT2D eigenvalue weighted by molar-refractivity contribution is 0.308. The van der Waals surface area contributed by atoms with E-state index in [0.29, 0.717) is 0 Å². The van der Waals surface area contributed by atoms with Crippen molar-refractivity contribution in [3.63, 3.8) is 0 Å². The number of anilines is 1. The molecule has 1 heterocycles. The molecule has 1 aromatic heterocycles. The lowest BCUT2D eigenvalue weighted by Crippen LogP contribution is -2.17. The van der Waals surface area contributed by atoms with Crippen molar-refractivity contribution in [1.82, 2.24) is 10.3 Å². The summed E-state index contributed by atoms with van der Waals surface area (Å²) in [5.74, 6) is 4.90. The zero-order valence-electron chi connectivity index (χ0n) is 4.98. The molecule has 0 aliphatic carbocycles. The molecule has 1 aromatic rings. The second-order valence-electron chi connectivity index (χ2n) is 1.51. The van der Waals surface area contributed by atoms with Gasteiger partial charge in [0, 0.05) is 0 Å². The molecular formula is C3H6N6O. The van der Waals surface area contributed by atoms with Crippen LogP contribution in [0.5, 0.6) is 0 Å². The van der Waals surface area contributed by atoms with Crippen molar-refractivity contribution in [2.24, 2.45) is 16.7 Å². The van der Waals surface area contributed by atoms with Crippen molar-refractivity contribution >= 4 is 11.7 Å². The van der Waals surface area contributed by atoms with E-state index in [9.17, 15) is 0 Å². The number of nitrogen functional groups attached to an aromatic ring is 1. The Morgan fingerprint density at radius 1 is 1.50 bits per heavy atom. The molecule has 0 saturated heterocycles. The fourth-order valence-electron chi connectivity index (χ4n) is 0.434. The molecule has 0 unspecified atom stereocenters. The predicted molar refractivity (Wildman–Crippen MR) is 33.6 cm³/mol. The van der Waals surface area contributed by atoms with E-state index in [1.165, 1.54) is 0 Å². The SMILES string of the molecule is NN=C(N)c1nonc1N.